The van der Waals surface area contributed by atoms with E-state index in [1.165, 1.54) is 5.56 Å². The second kappa shape index (κ2) is 8.07. The van der Waals surface area contributed by atoms with E-state index in [2.05, 4.69) is 34.5 Å². The summed E-state index contributed by atoms with van der Waals surface area (Å²) in [6.45, 7) is 0. The molecule has 0 saturated heterocycles. The quantitative estimate of drug-likeness (QED) is 0.325. The van der Waals surface area contributed by atoms with E-state index in [4.69, 9.17) is 23.2 Å². The van der Waals surface area contributed by atoms with Crippen LogP contribution in [-0.4, -0.2) is 20.5 Å². The number of rotatable bonds is 5. The molecule has 0 N–H and O–H groups in total. The van der Waals surface area contributed by atoms with Gasteiger partial charge in [-0.15, -0.1) is 21.5 Å². The van der Waals surface area contributed by atoms with E-state index in [1.807, 2.05) is 48.0 Å². The molecule has 4 aromatic rings. The van der Waals surface area contributed by atoms with Crippen molar-refractivity contribution in [1.29, 1.82) is 0 Å². The van der Waals surface area contributed by atoms with Crippen molar-refractivity contribution in [1.82, 2.24) is 14.8 Å². The summed E-state index contributed by atoms with van der Waals surface area (Å²) in [5.74, 6) is 1.59. The average molecular weight is 432 g/mol. The first kappa shape index (κ1) is 18.6. The highest BCUT2D eigenvalue weighted by atomic mass is 35.5. The minimum absolute atomic E-state index is 0.697. The van der Waals surface area contributed by atoms with Crippen molar-refractivity contribution >= 4 is 62.5 Å². The van der Waals surface area contributed by atoms with Crippen molar-refractivity contribution in [3.63, 3.8) is 0 Å². The number of thioether (sulfide) groups is 1. The van der Waals surface area contributed by atoms with Crippen LogP contribution in [0.4, 0.5) is 0 Å². The van der Waals surface area contributed by atoms with Crippen LogP contribution in [0.3, 0.4) is 0 Å². The Morgan fingerprint density at radius 3 is 2.74 bits per heavy atom. The van der Waals surface area contributed by atoms with Crippen molar-refractivity contribution in [2.75, 3.05) is 5.75 Å². The molecule has 0 atom stereocenters. The largest absolute Gasteiger partial charge is 0.304 e. The summed E-state index contributed by atoms with van der Waals surface area (Å²) in [6.07, 6.45) is 4.24. The molecule has 0 saturated carbocycles. The van der Waals surface area contributed by atoms with E-state index in [9.17, 15) is 0 Å². The van der Waals surface area contributed by atoms with Gasteiger partial charge < -0.3 is 4.57 Å². The van der Waals surface area contributed by atoms with Gasteiger partial charge in [-0.3, -0.25) is 0 Å². The molecule has 27 heavy (non-hydrogen) atoms. The van der Waals surface area contributed by atoms with Crippen LogP contribution in [0.25, 0.3) is 26.9 Å². The van der Waals surface area contributed by atoms with Gasteiger partial charge in [-0.05, 0) is 17.7 Å². The maximum atomic E-state index is 6.59. The predicted molar refractivity (Wildman–Crippen MR) is 118 cm³/mol. The second-order valence-corrected chi connectivity index (χ2v) is 8.73. The van der Waals surface area contributed by atoms with E-state index in [-0.39, 0.29) is 0 Å². The van der Waals surface area contributed by atoms with Crippen molar-refractivity contribution < 1.29 is 0 Å². The lowest BCUT2D eigenvalue weighted by Gasteiger charge is -2.01. The minimum atomic E-state index is 0.697. The Bertz CT molecular complexity index is 1120. The fraction of sp³-hybridized carbons (Fsp3) is 0.100. The van der Waals surface area contributed by atoms with Gasteiger partial charge in [-0.1, -0.05) is 83.5 Å². The van der Waals surface area contributed by atoms with Crippen LogP contribution in [-0.2, 0) is 7.05 Å². The Hall–Kier alpha value is -1.79. The van der Waals surface area contributed by atoms with E-state index >= 15 is 0 Å². The molecule has 0 unspecified atom stereocenters. The van der Waals surface area contributed by atoms with Crippen molar-refractivity contribution in [3.8, 4) is 10.7 Å². The number of halogens is 2. The molecule has 0 radical (unpaired) electrons. The zero-order chi connectivity index (χ0) is 18.8. The number of hydrogen-bond donors (Lipinski definition) is 0. The van der Waals surface area contributed by atoms with E-state index in [0.717, 1.165) is 31.7 Å². The van der Waals surface area contributed by atoms with Gasteiger partial charge in [-0.2, -0.15) is 0 Å². The van der Waals surface area contributed by atoms with E-state index in [0.29, 0.717) is 10.0 Å². The number of thiophene rings is 1. The highest BCUT2D eigenvalue weighted by molar-refractivity contribution is 7.99. The van der Waals surface area contributed by atoms with Gasteiger partial charge in [0, 0.05) is 27.9 Å². The zero-order valence-corrected chi connectivity index (χ0v) is 17.5. The monoisotopic (exact) mass is 431 g/mol. The van der Waals surface area contributed by atoms with Crippen LogP contribution >= 0.6 is 46.3 Å². The van der Waals surface area contributed by atoms with Crippen molar-refractivity contribution in [2.24, 2.45) is 7.05 Å². The van der Waals surface area contributed by atoms with Crippen LogP contribution in [0, 0.1) is 0 Å². The average Bonchev–Trinajstić information content (AvgIpc) is 3.19. The van der Waals surface area contributed by atoms with Crippen molar-refractivity contribution in [3.05, 3.63) is 70.2 Å². The molecule has 0 aliphatic rings. The fourth-order valence-electron chi connectivity index (χ4n) is 2.69. The first-order valence-corrected chi connectivity index (χ1v) is 10.8. The lowest BCUT2D eigenvalue weighted by molar-refractivity contribution is 0.796. The molecule has 0 bridgehead atoms. The highest BCUT2D eigenvalue weighted by Gasteiger charge is 2.18. The Morgan fingerprint density at radius 2 is 1.93 bits per heavy atom. The Morgan fingerprint density at radius 1 is 1.11 bits per heavy atom. The Labute approximate surface area is 175 Å². The van der Waals surface area contributed by atoms with Gasteiger partial charge in [0.05, 0.1) is 9.90 Å². The molecule has 3 nitrogen and oxygen atoms in total. The molecule has 0 aliphatic carbocycles. The molecule has 0 aliphatic heterocycles. The number of benzene rings is 2. The lowest BCUT2D eigenvalue weighted by atomic mass is 10.2. The Balaban J connectivity index is 1.54. The van der Waals surface area contributed by atoms with Gasteiger partial charge in [-0.25, -0.2) is 0 Å². The summed E-state index contributed by atoms with van der Waals surface area (Å²) in [6, 6.07) is 16.0. The number of aromatic nitrogens is 3. The third-order valence-electron chi connectivity index (χ3n) is 4.05. The summed E-state index contributed by atoms with van der Waals surface area (Å²) in [4.78, 5) is 0.913. The summed E-state index contributed by atoms with van der Waals surface area (Å²) < 4.78 is 3.03. The van der Waals surface area contributed by atoms with Crippen LogP contribution in [0.5, 0.6) is 0 Å². The maximum Gasteiger partial charge on any atom is 0.191 e. The van der Waals surface area contributed by atoms with Crippen molar-refractivity contribution in [2.45, 2.75) is 5.16 Å². The first-order valence-electron chi connectivity index (χ1n) is 8.25. The van der Waals surface area contributed by atoms with Crippen LogP contribution in [0.15, 0.2) is 59.8 Å². The normalized spacial score (nSPS) is 11.7. The van der Waals surface area contributed by atoms with Crippen LogP contribution < -0.4 is 0 Å². The molecule has 136 valence electrons. The van der Waals surface area contributed by atoms with Gasteiger partial charge >= 0.3 is 0 Å². The topological polar surface area (TPSA) is 30.7 Å². The third-order valence-corrected chi connectivity index (χ3v) is 6.91. The van der Waals surface area contributed by atoms with Gasteiger partial charge in [0.25, 0.3) is 0 Å². The number of hydrogen-bond acceptors (Lipinski definition) is 4. The predicted octanol–water partition coefficient (Wildman–Crippen LogP) is 6.81. The molecule has 2 aromatic carbocycles. The molecule has 7 heteroatoms. The van der Waals surface area contributed by atoms with E-state index in [1.54, 1.807) is 23.1 Å². The zero-order valence-electron chi connectivity index (χ0n) is 14.4. The fourth-order valence-corrected chi connectivity index (χ4v) is 5.22. The maximum absolute atomic E-state index is 6.59. The molecular weight excluding hydrogens is 417 g/mol. The van der Waals surface area contributed by atoms with Crippen LogP contribution in [0.2, 0.25) is 10.0 Å². The van der Waals surface area contributed by atoms with Crippen LogP contribution in [0.1, 0.15) is 5.56 Å². The van der Waals surface area contributed by atoms with Gasteiger partial charge in [0.2, 0.25) is 0 Å². The number of fused-ring (bicyclic) bond motifs is 1. The SMILES string of the molecule is Cn1c(SC/C=C/c2ccccc2)nnc1-c1sc2cc(Cl)ccc2c1Cl. The molecule has 0 spiro atoms. The molecule has 4 rings (SSSR count). The summed E-state index contributed by atoms with van der Waals surface area (Å²) in [7, 11) is 1.96. The first-order chi connectivity index (χ1) is 13.1. The van der Waals surface area contributed by atoms with Gasteiger partial charge in [0.15, 0.2) is 11.0 Å². The number of nitrogens with zero attached hydrogens (tertiary/aromatic N) is 3. The molecule has 2 aromatic heterocycles. The smallest absolute Gasteiger partial charge is 0.191 e. The molecular formula is C20H15Cl2N3S2. The second-order valence-electron chi connectivity index (χ2n) is 5.87. The summed E-state index contributed by atoms with van der Waals surface area (Å²) in [5.41, 5.74) is 1.19. The minimum Gasteiger partial charge on any atom is -0.304 e. The standard InChI is InChI=1S/C20H15Cl2N3S2/c1-25-19(18-17(22)15-10-9-14(21)12-16(15)27-18)23-24-20(25)26-11-5-8-13-6-3-2-4-7-13/h2-10,12H,11H2,1H3/b8-5+. The highest BCUT2D eigenvalue weighted by Crippen LogP contribution is 2.42. The molecule has 0 fully saturated rings. The summed E-state index contributed by atoms with van der Waals surface area (Å²) >= 11 is 15.9. The molecule has 2 heterocycles. The Kier molecular flexibility index (Phi) is 5.55. The summed E-state index contributed by atoms with van der Waals surface area (Å²) in [5, 5.41) is 11.9. The van der Waals surface area contributed by atoms with Gasteiger partial charge in [0.1, 0.15) is 0 Å². The third kappa shape index (κ3) is 3.92. The lowest BCUT2D eigenvalue weighted by Crippen LogP contribution is -1.94. The van der Waals surface area contributed by atoms with E-state index < -0.39 is 0 Å². The molecule has 0 amide bonds.